The third-order valence-electron chi connectivity index (χ3n) is 1.94. The lowest BCUT2D eigenvalue weighted by atomic mass is 10.1. The molecule has 0 radical (unpaired) electrons. The van der Waals surface area contributed by atoms with Gasteiger partial charge in [-0.1, -0.05) is 44.6 Å². The minimum atomic E-state index is 0.715. The lowest BCUT2D eigenvalue weighted by Gasteiger charge is -2.20. The molecule has 0 aromatic heterocycles. The first-order valence-electron chi connectivity index (χ1n) is 3.83. The second-order valence-electron chi connectivity index (χ2n) is 2.79. The monoisotopic (exact) mass is 354 g/mol. The van der Waals surface area contributed by atoms with Crippen LogP contribution < -0.4 is 0 Å². The van der Waals surface area contributed by atoms with Gasteiger partial charge in [-0.15, -0.1) is 11.8 Å². The Kier molecular flexibility index (Phi) is 3.02. The first-order chi connectivity index (χ1) is 5.77. The van der Waals surface area contributed by atoms with Crippen molar-refractivity contribution in [2.45, 2.75) is 15.2 Å². The highest BCUT2D eigenvalue weighted by molar-refractivity contribution is 14.1. The molecule has 3 heteroatoms. The Morgan fingerprint density at radius 1 is 1.50 bits per heavy atom. The van der Waals surface area contributed by atoms with E-state index in [2.05, 4.69) is 56.7 Å². The van der Waals surface area contributed by atoms with Crippen molar-refractivity contribution < 1.29 is 0 Å². The third kappa shape index (κ3) is 1.82. The third-order valence-corrected chi connectivity index (χ3v) is 4.83. The summed E-state index contributed by atoms with van der Waals surface area (Å²) >= 11 is 8.00. The standard InChI is InChI=1S/C9H8BrIS/c10-6-1-2-7-8(11)3-4-12-9(7)5-6/h1-2,5,8H,3-4H2. The van der Waals surface area contributed by atoms with Crippen LogP contribution in [0.2, 0.25) is 0 Å². The van der Waals surface area contributed by atoms with Crippen molar-refractivity contribution in [1.82, 2.24) is 0 Å². The van der Waals surface area contributed by atoms with E-state index in [1.807, 2.05) is 11.8 Å². The van der Waals surface area contributed by atoms with Gasteiger partial charge in [0, 0.05) is 13.3 Å². The number of alkyl halides is 1. The zero-order valence-electron chi connectivity index (χ0n) is 6.39. The van der Waals surface area contributed by atoms with Gasteiger partial charge in [0.25, 0.3) is 0 Å². The van der Waals surface area contributed by atoms with Gasteiger partial charge in [-0.2, -0.15) is 0 Å². The van der Waals surface area contributed by atoms with Crippen molar-refractivity contribution in [1.29, 1.82) is 0 Å². The maximum Gasteiger partial charge on any atom is 0.0378 e. The van der Waals surface area contributed by atoms with Gasteiger partial charge < -0.3 is 0 Å². The van der Waals surface area contributed by atoms with Crippen LogP contribution in [0.1, 0.15) is 15.9 Å². The predicted octanol–water partition coefficient (Wildman–Crippen LogP) is 4.42. The Morgan fingerprint density at radius 3 is 3.17 bits per heavy atom. The van der Waals surface area contributed by atoms with Gasteiger partial charge in [-0.05, 0) is 29.9 Å². The molecule has 1 heterocycles. The van der Waals surface area contributed by atoms with Crippen LogP contribution in [0, 0.1) is 0 Å². The Balaban J connectivity index is 2.46. The fourth-order valence-corrected chi connectivity index (χ4v) is 4.48. The molecule has 0 spiro atoms. The topological polar surface area (TPSA) is 0 Å². The molecule has 0 saturated carbocycles. The van der Waals surface area contributed by atoms with Crippen molar-refractivity contribution in [3.63, 3.8) is 0 Å². The molecular weight excluding hydrogens is 347 g/mol. The SMILES string of the molecule is Brc1ccc2c(c1)SCCC2I. The summed E-state index contributed by atoms with van der Waals surface area (Å²) in [7, 11) is 0. The number of rotatable bonds is 0. The number of thioether (sulfide) groups is 1. The van der Waals surface area contributed by atoms with E-state index in [4.69, 9.17) is 0 Å². The molecule has 2 rings (SSSR count). The molecule has 0 N–H and O–H groups in total. The van der Waals surface area contributed by atoms with Crippen LogP contribution in [0.5, 0.6) is 0 Å². The Morgan fingerprint density at radius 2 is 2.33 bits per heavy atom. The van der Waals surface area contributed by atoms with Gasteiger partial charge in [0.1, 0.15) is 0 Å². The van der Waals surface area contributed by atoms with Crippen molar-refractivity contribution in [2.75, 3.05) is 5.75 Å². The fraction of sp³-hybridized carbons (Fsp3) is 0.333. The van der Waals surface area contributed by atoms with Crippen molar-refractivity contribution >= 4 is 50.3 Å². The van der Waals surface area contributed by atoms with E-state index in [-0.39, 0.29) is 0 Å². The molecule has 0 fully saturated rings. The minimum Gasteiger partial charge on any atom is -0.126 e. The minimum absolute atomic E-state index is 0.715. The van der Waals surface area contributed by atoms with Gasteiger partial charge >= 0.3 is 0 Å². The summed E-state index contributed by atoms with van der Waals surface area (Å²) in [5.41, 5.74) is 1.51. The smallest absolute Gasteiger partial charge is 0.0378 e. The molecule has 1 aliphatic rings. The van der Waals surface area contributed by atoms with Crippen LogP contribution in [0.15, 0.2) is 27.6 Å². The maximum atomic E-state index is 3.49. The van der Waals surface area contributed by atoms with E-state index in [1.165, 1.54) is 27.1 Å². The molecule has 1 unspecified atom stereocenters. The molecule has 1 aromatic carbocycles. The van der Waals surface area contributed by atoms with Crippen molar-refractivity contribution in [3.05, 3.63) is 28.2 Å². The van der Waals surface area contributed by atoms with Crippen LogP contribution in [0.25, 0.3) is 0 Å². The molecule has 64 valence electrons. The van der Waals surface area contributed by atoms with Crippen molar-refractivity contribution in [3.8, 4) is 0 Å². The molecule has 0 aliphatic carbocycles. The largest absolute Gasteiger partial charge is 0.126 e. The Bertz CT molecular complexity index is 301. The summed E-state index contributed by atoms with van der Waals surface area (Å²) in [5, 5.41) is 0. The summed E-state index contributed by atoms with van der Waals surface area (Å²) in [6.07, 6.45) is 1.31. The number of hydrogen-bond acceptors (Lipinski definition) is 1. The van der Waals surface area contributed by atoms with E-state index >= 15 is 0 Å². The van der Waals surface area contributed by atoms with E-state index in [9.17, 15) is 0 Å². The zero-order valence-corrected chi connectivity index (χ0v) is 10.9. The molecule has 0 amide bonds. The molecule has 0 nitrogen and oxygen atoms in total. The zero-order chi connectivity index (χ0) is 8.55. The van der Waals surface area contributed by atoms with Crippen LogP contribution in [-0.4, -0.2) is 5.75 Å². The first-order valence-corrected chi connectivity index (χ1v) is 6.86. The number of hydrogen-bond donors (Lipinski definition) is 0. The van der Waals surface area contributed by atoms with Crippen LogP contribution in [0.3, 0.4) is 0 Å². The maximum absolute atomic E-state index is 3.49. The van der Waals surface area contributed by atoms with Crippen LogP contribution >= 0.6 is 50.3 Å². The molecule has 12 heavy (non-hydrogen) atoms. The van der Waals surface area contributed by atoms with Gasteiger partial charge in [-0.25, -0.2) is 0 Å². The normalized spacial score (nSPS) is 22.0. The summed E-state index contributed by atoms with van der Waals surface area (Å²) in [4.78, 5) is 1.45. The van der Waals surface area contributed by atoms with Crippen LogP contribution in [-0.2, 0) is 0 Å². The second kappa shape index (κ2) is 3.88. The van der Waals surface area contributed by atoms with E-state index < -0.39 is 0 Å². The Labute approximate surface area is 98.8 Å². The molecule has 0 saturated heterocycles. The summed E-state index contributed by atoms with van der Waals surface area (Å²) in [6, 6.07) is 6.60. The van der Waals surface area contributed by atoms with E-state index in [0.29, 0.717) is 3.92 Å². The van der Waals surface area contributed by atoms with Crippen LogP contribution in [0.4, 0.5) is 0 Å². The first kappa shape index (κ1) is 9.34. The lowest BCUT2D eigenvalue weighted by molar-refractivity contribution is 0.895. The number of halogens is 2. The second-order valence-corrected chi connectivity index (χ2v) is 6.34. The molecule has 0 bridgehead atoms. The average Bonchev–Trinajstić information content (AvgIpc) is 2.04. The number of fused-ring (bicyclic) bond motifs is 1. The quantitative estimate of drug-likeness (QED) is 0.491. The highest BCUT2D eigenvalue weighted by Gasteiger charge is 2.17. The Hall–Kier alpha value is 0.780. The van der Waals surface area contributed by atoms with E-state index in [1.54, 1.807) is 0 Å². The van der Waals surface area contributed by atoms with Gasteiger partial charge in [0.15, 0.2) is 0 Å². The highest BCUT2D eigenvalue weighted by Crippen LogP contribution is 2.41. The van der Waals surface area contributed by atoms with Crippen molar-refractivity contribution in [2.24, 2.45) is 0 Å². The number of benzene rings is 1. The fourth-order valence-electron chi connectivity index (χ4n) is 1.32. The predicted molar refractivity (Wildman–Crippen MR) is 66.2 cm³/mol. The van der Waals surface area contributed by atoms with Gasteiger partial charge in [0.2, 0.25) is 0 Å². The summed E-state index contributed by atoms with van der Waals surface area (Å²) in [5.74, 6) is 1.26. The van der Waals surface area contributed by atoms with Gasteiger partial charge in [0.05, 0.1) is 0 Å². The summed E-state index contributed by atoms with van der Waals surface area (Å²) < 4.78 is 1.91. The molecule has 1 aliphatic heterocycles. The molecular formula is C9H8BrIS. The molecule has 1 aromatic rings. The lowest BCUT2D eigenvalue weighted by Crippen LogP contribution is -2.00. The average molecular weight is 355 g/mol. The summed E-state index contributed by atoms with van der Waals surface area (Å²) in [6.45, 7) is 0. The molecule has 1 atom stereocenters. The highest BCUT2D eigenvalue weighted by atomic mass is 127. The van der Waals surface area contributed by atoms with Gasteiger partial charge in [-0.3, -0.25) is 0 Å². The van der Waals surface area contributed by atoms with E-state index in [0.717, 1.165) is 0 Å².